The van der Waals surface area contributed by atoms with Gasteiger partial charge in [0, 0.05) is 17.4 Å². The van der Waals surface area contributed by atoms with Crippen LogP contribution in [0.1, 0.15) is 58.1 Å². The fourth-order valence-electron chi connectivity index (χ4n) is 4.47. The smallest absolute Gasteiger partial charge is 0.261 e. The van der Waals surface area contributed by atoms with Gasteiger partial charge in [0.15, 0.2) is 6.10 Å². The fraction of sp³-hybridized carbons (Fsp3) is 0.370. The molecule has 4 rings (SSSR count). The fourth-order valence-corrected chi connectivity index (χ4v) is 4.47. The summed E-state index contributed by atoms with van der Waals surface area (Å²) in [6, 6.07) is 22.0. The lowest BCUT2D eigenvalue weighted by Crippen LogP contribution is -2.47. The second-order valence-corrected chi connectivity index (χ2v) is 8.29. The van der Waals surface area contributed by atoms with Crippen molar-refractivity contribution < 1.29 is 14.3 Å². The molecule has 4 nitrogen and oxygen atoms in total. The zero-order chi connectivity index (χ0) is 21.8. The number of carbonyl (C=O) groups is 1. The third-order valence-electron chi connectivity index (χ3n) is 6.48. The SMILES string of the molecule is CC[C@H](Oc1cccc2ccccc12)C(=O)N[C@@H]1CC(CC)(CC)Oc2ccccc21. The minimum atomic E-state index is -0.557. The Bertz CT molecular complexity index is 1050. The third kappa shape index (κ3) is 4.25. The molecule has 2 atom stereocenters. The predicted molar refractivity (Wildman–Crippen MR) is 125 cm³/mol. The summed E-state index contributed by atoms with van der Waals surface area (Å²) >= 11 is 0. The van der Waals surface area contributed by atoms with Crippen LogP contribution in [0.25, 0.3) is 10.8 Å². The van der Waals surface area contributed by atoms with Gasteiger partial charge in [0.05, 0.1) is 6.04 Å². The number of amides is 1. The average Bonchev–Trinajstić information content (AvgIpc) is 2.82. The van der Waals surface area contributed by atoms with E-state index in [0.717, 1.165) is 47.1 Å². The lowest BCUT2D eigenvalue weighted by molar-refractivity contribution is -0.129. The molecule has 0 bridgehead atoms. The number of benzene rings is 3. The molecule has 0 saturated carbocycles. The maximum absolute atomic E-state index is 13.3. The van der Waals surface area contributed by atoms with Gasteiger partial charge in [-0.25, -0.2) is 0 Å². The van der Waals surface area contributed by atoms with Crippen molar-refractivity contribution in [3.05, 3.63) is 72.3 Å². The molecule has 0 fully saturated rings. The van der Waals surface area contributed by atoms with Crippen LogP contribution >= 0.6 is 0 Å². The van der Waals surface area contributed by atoms with E-state index in [-0.39, 0.29) is 17.6 Å². The summed E-state index contributed by atoms with van der Waals surface area (Å²) in [5.41, 5.74) is 0.776. The Balaban J connectivity index is 1.57. The molecule has 1 N–H and O–H groups in total. The molecule has 4 heteroatoms. The second-order valence-electron chi connectivity index (χ2n) is 8.29. The van der Waals surface area contributed by atoms with E-state index >= 15 is 0 Å². The number of carbonyl (C=O) groups excluding carboxylic acids is 1. The van der Waals surface area contributed by atoms with Crippen molar-refractivity contribution in [2.24, 2.45) is 0 Å². The van der Waals surface area contributed by atoms with Gasteiger partial charge in [0.25, 0.3) is 5.91 Å². The molecule has 162 valence electrons. The van der Waals surface area contributed by atoms with Crippen LogP contribution in [0.5, 0.6) is 11.5 Å². The van der Waals surface area contributed by atoms with Crippen LogP contribution in [0.3, 0.4) is 0 Å². The molecule has 0 aromatic heterocycles. The zero-order valence-corrected chi connectivity index (χ0v) is 18.6. The first kappa shape index (κ1) is 21.2. The molecule has 1 aliphatic rings. The Hall–Kier alpha value is -3.01. The highest BCUT2D eigenvalue weighted by atomic mass is 16.5. The summed E-state index contributed by atoms with van der Waals surface area (Å²) in [6.45, 7) is 6.28. The summed E-state index contributed by atoms with van der Waals surface area (Å²) < 4.78 is 12.6. The molecule has 0 saturated heterocycles. The summed E-state index contributed by atoms with van der Waals surface area (Å²) in [6.07, 6.45) is 2.58. The molecule has 31 heavy (non-hydrogen) atoms. The number of para-hydroxylation sites is 1. The summed E-state index contributed by atoms with van der Waals surface area (Å²) in [7, 11) is 0. The highest BCUT2D eigenvalue weighted by Crippen LogP contribution is 2.42. The maximum atomic E-state index is 13.3. The quantitative estimate of drug-likeness (QED) is 0.498. The van der Waals surface area contributed by atoms with Crippen LogP contribution in [0, 0.1) is 0 Å². The Morgan fingerprint density at radius 3 is 2.52 bits per heavy atom. The van der Waals surface area contributed by atoms with E-state index in [0.29, 0.717) is 6.42 Å². The van der Waals surface area contributed by atoms with Gasteiger partial charge in [-0.1, -0.05) is 75.4 Å². The van der Waals surface area contributed by atoms with Gasteiger partial charge in [-0.15, -0.1) is 0 Å². The highest BCUT2D eigenvalue weighted by molar-refractivity contribution is 5.89. The van der Waals surface area contributed by atoms with Gasteiger partial charge in [0.2, 0.25) is 0 Å². The Morgan fingerprint density at radius 2 is 1.74 bits per heavy atom. The molecule has 1 heterocycles. The molecule has 0 aliphatic carbocycles. The molecule has 0 spiro atoms. The summed E-state index contributed by atoms with van der Waals surface area (Å²) in [4.78, 5) is 13.3. The van der Waals surface area contributed by atoms with Gasteiger partial charge >= 0.3 is 0 Å². The van der Waals surface area contributed by atoms with Crippen molar-refractivity contribution in [1.29, 1.82) is 0 Å². The van der Waals surface area contributed by atoms with Crippen molar-refractivity contribution >= 4 is 16.7 Å². The normalized spacial score (nSPS) is 18.0. The molecule has 3 aromatic carbocycles. The number of hydrogen-bond acceptors (Lipinski definition) is 3. The molecule has 1 aliphatic heterocycles. The van der Waals surface area contributed by atoms with Crippen molar-refractivity contribution in [2.45, 2.75) is 64.2 Å². The molecule has 1 amide bonds. The molecular formula is C27H31NO3. The van der Waals surface area contributed by atoms with Gasteiger partial charge in [-0.2, -0.15) is 0 Å². The number of fused-ring (bicyclic) bond motifs is 2. The third-order valence-corrected chi connectivity index (χ3v) is 6.48. The molecule has 0 unspecified atom stereocenters. The van der Waals surface area contributed by atoms with Crippen LogP contribution in [-0.4, -0.2) is 17.6 Å². The van der Waals surface area contributed by atoms with Crippen molar-refractivity contribution in [3.8, 4) is 11.5 Å². The molecular weight excluding hydrogens is 386 g/mol. The minimum absolute atomic E-state index is 0.0850. The van der Waals surface area contributed by atoms with E-state index < -0.39 is 6.10 Å². The van der Waals surface area contributed by atoms with E-state index in [4.69, 9.17) is 9.47 Å². The lowest BCUT2D eigenvalue weighted by atomic mass is 9.83. The first-order valence-electron chi connectivity index (χ1n) is 11.3. The van der Waals surface area contributed by atoms with Crippen LogP contribution in [-0.2, 0) is 4.79 Å². The van der Waals surface area contributed by atoms with E-state index in [1.807, 2.05) is 61.5 Å². The van der Waals surface area contributed by atoms with E-state index in [2.05, 4.69) is 31.3 Å². The monoisotopic (exact) mass is 417 g/mol. The zero-order valence-electron chi connectivity index (χ0n) is 18.6. The topological polar surface area (TPSA) is 47.6 Å². The average molecular weight is 418 g/mol. The number of ether oxygens (including phenoxy) is 2. The van der Waals surface area contributed by atoms with Crippen LogP contribution in [0.2, 0.25) is 0 Å². The molecule has 0 radical (unpaired) electrons. The number of nitrogens with one attached hydrogen (secondary N) is 1. The maximum Gasteiger partial charge on any atom is 0.261 e. The first-order chi connectivity index (χ1) is 15.1. The van der Waals surface area contributed by atoms with Crippen molar-refractivity contribution in [2.75, 3.05) is 0 Å². The number of hydrogen-bond donors (Lipinski definition) is 1. The van der Waals surface area contributed by atoms with Gasteiger partial charge < -0.3 is 14.8 Å². The Kier molecular flexibility index (Phi) is 6.17. The van der Waals surface area contributed by atoms with E-state index in [1.54, 1.807) is 0 Å². The summed E-state index contributed by atoms with van der Waals surface area (Å²) in [5.74, 6) is 1.52. The second kappa shape index (κ2) is 9.01. The largest absolute Gasteiger partial charge is 0.487 e. The Morgan fingerprint density at radius 1 is 1.03 bits per heavy atom. The van der Waals surface area contributed by atoms with E-state index in [1.165, 1.54) is 0 Å². The lowest BCUT2D eigenvalue weighted by Gasteiger charge is -2.42. The predicted octanol–water partition coefficient (Wildman–Crippen LogP) is 6.20. The van der Waals surface area contributed by atoms with E-state index in [9.17, 15) is 4.79 Å². The van der Waals surface area contributed by atoms with Crippen molar-refractivity contribution in [1.82, 2.24) is 5.32 Å². The van der Waals surface area contributed by atoms with Crippen LogP contribution in [0.4, 0.5) is 0 Å². The van der Waals surface area contributed by atoms with Gasteiger partial charge in [-0.3, -0.25) is 4.79 Å². The van der Waals surface area contributed by atoms with Gasteiger partial charge in [0.1, 0.15) is 17.1 Å². The summed E-state index contributed by atoms with van der Waals surface area (Å²) in [5, 5.41) is 5.39. The molecule has 3 aromatic rings. The van der Waals surface area contributed by atoms with Gasteiger partial charge in [-0.05, 0) is 36.8 Å². The first-order valence-corrected chi connectivity index (χ1v) is 11.3. The van der Waals surface area contributed by atoms with Crippen molar-refractivity contribution in [3.63, 3.8) is 0 Å². The van der Waals surface area contributed by atoms with Crippen LogP contribution in [0.15, 0.2) is 66.7 Å². The standard InChI is InChI=1S/C27H31NO3/c1-4-23(30-24-17-11-13-19-12-7-8-14-20(19)24)26(29)28-22-18-27(5-2,6-3)31-25-16-10-9-15-21(22)25/h7-17,22-23H,4-6,18H2,1-3H3,(H,28,29)/t22-,23+/m1/s1. The Labute approximate surface area is 184 Å². The number of rotatable bonds is 7. The minimum Gasteiger partial charge on any atom is -0.487 e. The highest BCUT2D eigenvalue weighted by Gasteiger charge is 2.39. The van der Waals surface area contributed by atoms with Crippen LogP contribution < -0.4 is 14.8 Å².